The molecule has 11 heteroatoms. The van der Waals surface area contributed by atoms with Crippen molar-refractivity contribution in [2.75, 3.05) is 13.2 Å². The monoisotopic (exact) mass is 513 g/mol. The van der Waals surface area contributed by atoms with Gasteiger partial charge in [-0.25, -0.2) is 9.37 Å². The van der Waals surface area contributed by atoms with Crippen LogP contribution < -0.4 is 10.9 Å². The fourth-order valence-corrected chi connectivity index (χ4v) is 4.04. The zero-order valence-corrected chi connectivity index (χ0v) is 18.0. The summed E-state index contributed by atoms with van der Waals surface area (Å²) in [5.41, 5.74) is -2.54. The lowest BCUT2D eigenvalue weighted by Crippen LogP contribution is -2.40. The SMILES string of the molecule is O=C(N[C@H]1CCCOC1)c1ccc(-c2cccn3c(=O)c(Br)c(C(F)(F)F)nc23)cc1F. The average molecular weight is 514 g/mol. The van der Waals surface area contributed by atoms with Crippen LogP contribution in [0.2, 0.25) is 0 Å². The third-order valence-electron chi connectivity index (χ3n) is 5.09. The number of halogens is 5. The zero-order valence-electron chi connectivity index (χ0n) is 16.4. The van der Waals surface area contributed by atoms with Gasteiger partial charge < -0.3 is 10.1 Å². The molecule has 3 aromatic rings. The fourth-order valence-electron chi connectivity index (χ4n) is 3.54. The lowest BCUT2D eigenvalue weighted by molar-refractivity contribution is -0.141. The Morgan fingerprint density at radius 2 is 2.06 bits per heavy atom. The summed E-state index contributed by atoms with van der Waals surface area (Å²) in [7, 11) is 0. The molecule has 6 nitrogen and oxygen atoms in total. The number of pyridine rings is 1. The van der Waals surface area contributed by atoms with Gasteiger partial charge in [0.2, 0.25) is 0 Å². The maximum absolute atomic E-state index is 14.8. The first-order chi connectivity index (χ1) is 15.2. The summed E-state index contributed by atoms with van der Waals surface area (Å²) in [6.45, 7) is 0.961. The lowest BCUT2D eigenvalue weighted by atomic mass is 10.0. The van der Waals surface area contributed by atoms with Gasteiger partial charge in [0.25, 0.3) is 11.5 Å². The molecule has 1 aliphatic heterocycles. The standard InChI is InChI=1S/C21H16BrF4N3O3/c22-16-17(21(24,25)26)28-18-13(4-1-7-29(18)20(16)31)11-5-6-14(15(23)9-11)19(30)27-12-3-2-8-32-10-12/h1,4-7,9,12H,2-3,8,10H2,(H,27,30)/t12-/m0/s1. The van der Waals surface area contributed by atoms with Gasteiger partial charge in [0, 0.05) is 18.4 Å². The molecule has 0 bridgehead atoms. The topological polar surface area (TPSA) is 72.7 Å². The second-order valence-corrected chi connectivity index (χ2v) is 8.07. The summed E-state index contributed by atoms with van der Waals surface area (Å²) in [4.78, 5) is 28.5. The molecule has 3 heterocycles. The summed E-state index contributed by atoms with van der Waals surface area (Å²) in [6, 6.07) is 6.31. The molecule has 0 spiro atoms. The number of ether oxygens (including phenoxy) is 1. The summed E-state index contributed by atoms with van der Waals surface area (Å²) in [5, 5.41) is 2.71. The van der Waals surface area contributed by atoms with E-state index in [0.717, 1.165) is 23.3 Å². The number of aromatic nitrogens is 2. The van der Waals surface area contributed by atoms with Crippen molar-refractivity contribution in [3.8, 4) is 11.1 Å². The number of hydrogen-bond acceptors (Lipinski definition) is 4. The van der Waals surface area contributed by atoms with Gasteiger partial charge in [-0.1, -0.05) is 6.07 Å². The van der Waals surface area contributed by atoms with Crippen molar-refractivity contribution in [3.63, 3.8) is 0 Å². The molecule has 0 radical (unpaired) electrons. The normalized spacial score (nSPS) is 16.8. The highest BCUT2D eigenvalue weighted by molar-refractivity contribution is 9.10. The van der Waals surface area contributed by atoms with Crippen molar-refractivity contribution < 1.29 is 27.1 Å². The number of alkyl halides is 3. The number of nitrogens with one attached hydrogen (secondary N) is 1. The first kappa shape index (κ1) is 22.4. The number of hydrogen-bond donors (Lipinski definition) is 1. The van der Waals surface area contributed by atoms with Gasteiger partial charge in [-0.05, 0) is 58.6 Å². The van der Waals surface area contributed by atoms with Crippen LogP contribution in [0.25, 0.3) is 16.8 Å². The van der Waals surface area contributed by atoms with E-state index >= 15 is 0 Å². The van der Waals surface area contributed by atoms with Crippen molar-refractivity contribution in [1.29, 1.82) is 0 Å². The summed E-state index contributed by atoms with van der Waals surface area (Å²) in [6.07, 6.45) is -2.09. The van der Waals surface area contributed by atoms with E-state index in [9.17, 15) is 27.2 Å². The summed E-state index contributed by atoms with van der Waals surface area (Å²) in [5.74, 6) is -1.46. The van der Waals surface area contributed by atoms with Crippen molar-refractivity contribution in [3.05, 3.63) is 68.4 Å². The largest absolute Gasteiger partial charge is 0.434 e. The van der Waals surface area contributed by atoms with Crippen molar-refractivity contribution in [2.45, 2.75) is 25.1 Å². The molecule has 2 aromatic heterocycles. The predicted octanol–water partition coefficient (Wildman–Crippen LogP) is 4.19. The van der Waals surface area contributed by atoms with E-state index in [1.807, 2.05) is 0 Å². The third kappa shape index (κ3) is 4.26. The molecule has 32 heavy (non-hydrogen) atoms. The quantitative estimate of drug-likeness (QED) is 0.533. The Labute approximate surface area is 187 Å². The molecular weight excluding hydrogens is 498 g/mol. The molecular formula is C21H16BrF4N3O3. The Morgan fingerprint density at radius 1 is 1.28 bits per heavy atom. The third-order valence-corrected chi connectivity index (χ3v) is 5.80. The summed E-state index contributed by atoms with van der Waals surface area (Å²) >= 11 is 2.67. The number of carbonyl (C=O) groups is 1. The van der Waals surface area contributed by atoms with Gasteiger partial charge >= 0.3 is 6.18 Å². The highest BCUT2D eigenvalue weighted by Gasteiger charge is 2.37. The zero-order chi connectivity index (χ0) is 23.0. The van der Waals surface area contributed by atoms with Crippen molar-refractivity contribution >= 4 is 27.5 Å². The minimum absolute atomic E-state index is 0.106. The Balaban J connectivity index is 1.74. The number of rotatable bonds is 3. The van der Waals surface area contributed by atoms with Crippen LogP contribution in [-0.2, 0) is 10.9 Å². The van der Waals surface area contributed by atoms with Crippen LogP contribution in [0.15, 0.2) is 45.8 Å². The van der Waals surface area contributed by atoms with Gasteiger partial charge in [-0.2, -0.15) is 13.2 Å². The van der Waals surface area contributed by atoms with E-state index in [1.165, 1.54) is 30.5 Å². The minimum atomic E-state index is -4.87. The van der Waals surface area contributed by atoms with E-state index in [-0.39, 0.29) is 28.4 Å². The van der Waals surface area contributed by atoms with Crippen LogP contribution in [0.1, 0.15) is 28.9 Å². The maximum atomic E-state index is 14.8. The maximum Gasteiger partial charge on any atom is 0.434 e. The Kier molecular flexibility index (Phi) is 6.04. The minimum Gasteiger partial charge on any atom is -0.379 e. The van der Waals surface area contributed by atoms with E-state index in [2.05, 4.69) is 26.2 Å². The number of fused-ring (bicyclic) bond motifs is 1. The molecule has 1 aliphatic rings. The molecule has 1 aromatic carbocycles. The van der Waals surface area contributed by atoms with Crippen molar-refractivity contribution in [2.24, 2.45) is 0 Å². The second kappa shape index (κ2) is 8.62. The van der Waals surface area contributed by atoms with Crippen LogP contribution >= 0.6 is 15.9 Å². The second-order valence-electron chi connectivity index (χ2n) is 7.27. The molecule has 1 N–H and O–H groups in total. The van der Waals surface area contributed by atoms with E-state index < -0.39 is 33.6 Å². The Bertz CT molecular complexity index is 1250. The molecule has 1 fully saturated rings. The molecule has 0 unspecified atom stereocenters. The summed E-state index contributed by atoms with van der Waals surface area (Å²) < 4.78 is 60.3. The highest BCUT2D eigenvalue weighted by atomic mass is 79.9. The van der Waals surface area contributed by atoms with Crippen LogP contribution in [-0.4, -0.2) is 34.5 Å². The Morgan fingerprint density at radius 3 is 2.72 bits per heavy atom. The molecule has 1 atom stereocenters. The fraction of sp³-hybridized carbons (Fsp3) is 0.286. The molecule has 0 saturated carbocycles. The predicted molar refractivity (Wildman–Crippen MR) is 111 cm³/mol. The molecule has 1 saturated heterocycles. The van der Waals surface area contributed by atoms with Gasteiger partial charge in [0.05, 0.1) is 18.2 Å². The number of nitrogens with zero attached hydrogens (tertiary/aromatic N) is 2. The molecule has 168 valence electrons. The van der Waals surface area contributed by atoms with Crippen LogP contribution in [0, 0.1) is 5.82 Å². The average Bonchev–Trinajstić information content (AvgIpc) is 2.75. The van der Waals surface area contributed by atoms with Gasteiger partial charge in [-0.3, -0.25) is 14.0 Å². The number of benzene rings is 1. The van der Waals surface area contributed by atoms with Crippen LogP contribution in [0.5, 0.6) is 0 Å². The first-order valence-corrected chi connectivity index (χ1v) is 10.4. The Hall–Kier alpha value is -2.79. The first-order valence-electron chi connectivity index (χ1n) is 9.63. The van der Waals surface area contributed by atoms with E-state index in [0.29, 0.717) is 13.2 Å². The molecule has 0 aliphatic carbocycles. The van der Waals surface area contributed by atoms with Crippen LogP contribution in [0.4, 0.5) is 17.6 Å². The van der Waals surface area contributed by atoms with Gasteiger partial charge in [0.1, 0.15) is 15.9 Å². The molecule has 4 rings (SSSR count). The number of amides is 1. The van der Waals surface area contributed by atoms with E-state index in [4.69, 9.17) is 4.74 Å². The smallest absolute Gasteiger partial charge is 0.379 e. The van der Waals surface area contributed by atoms with E-state index in [1.54, 1.807) is 0 Å². The molecule has 1 amide bonds. The highest BCUT2D eigenvalue weighted by Crippen LogP contribution is 2.33. The lowest BCUT2D eigenvalue weighted by Gasteiger charge is -2.23. The van der Waals surface area contributed by atoms with Gasteiger partial charge in [-0.15, -0.1) is 0 Å². The van der Waals surface area contributed by atoms with Gasteiger partial charge in [0.15, 0.2) is 5.69 Å². The van der Waals surface area contributed by atoms with Crippen LogP contribution in [0.3, 0.4) is 0 Å². The number of carbonyl (C=O) groups excluding carboxylic acids is 1. The van der Waals surface area contributed by atoms with Crippen molar-refractivity contribution in [1.82, 2.24) is 14.7 Å².